The Morgan fingerprint density at radius 1 is 1.77 bits per heavy atom. The van der Waals surface area contributed by atoms with Crippen molar-refractivity contribution in [1.82, 2.24) is 0 Å². The second-order valence-corrected chi connectivity index (χ2v) is 4.00. The van der Waals surface area contributed by atoms with Gasteiger partial charge in [0.1, 0.15) is 5.71 Å². The van der Waals surface area contributed by atoms with Crippen LogP contribution in [0.3, 0.4) is 0 Å². The molecule has 0 spiro atoms. The van der Waals surface area contributed by atoms with Gasteiger partial charge in [0.2, 0.25) is 0 Å². The van der Waals surface area contributed by atoms with Crippen LogP contribution >= 0.6 is 11.3 Å². The van der Waals surface area contributed by atoms with Crippen LogP contribution in [-0.4, -0.2) is 23.5 Å². The van der Waals surface area contributed by atoms with Crippen molar-refractivity contribution in [3.63, 3.8) is 0 Å². The highest BCUT2D eigenvalue weighted by Gasteiger charge is 2.22. The maximum atomic E-state index is 8.86. The van der Waals surface area contributed by atoms with Crippen LogP contribution in [0.15, 0.2) is 16.6 Å². The molecule has 1 aliphatic rings. The summed E-state index contributed by atoms with van der Waals surface area (Å²) in [7, 11) is 0. The Morgan fingerprint density at radius 2 is 2.62 bits per heavy atom. The molecule has 3 nitrogen and oxygen atoms in total. The Morgan fingerprint density at radius 3 is 3.15 bits per heavy atom. The summed E-state index contributed by atoms with van der Waals surface area (Å²) in [6.45, 7) is 2.10. The smallest absolute Gasteiger partial charge is 0.156 e. The van der Waals surface area contributed by atoms with E-state index in [-0.39, 0.29) is 12.7 Å². The molecule has 13 heavy (non-hydrogen) atoms. The first-order valence-corrected chi connectivity index (χ1v) is 5.07. The third kappa shape index (κ3) is 1.59. The maximum Gasteiger partial charge on any atom is 0.156 e. The summed E-state index contributed by atoms with van der Waals surface area (Å²) in [5.41, 5.74) is 2.19. The molecule has 4 heteroatoms. The lowest BCUT2D eigenvalue weighted by Crippen LogP contribution is -2.12. The van der Waals surface area contributed by atoms with Gasteiger partial charge in [0.25, 0.3) is 0 Å². The van der Waals surface area contributed by atoms with E-state index >= 15 is 0 Å². The quantitative estimate of drug-likeness (QED) is 0.781. The van der Waals surface area contributed by atoms with Crippen LogP contribution in [0.1, 0.15) is 16.9 Å². The fourth-order valence-electron chi connectivity index (χ4n) is 1.33. The molecule has 0 aromatic carbocycles. The van der Waals surface area contributed by atoms with Crippen LogP contribution in [0.25, 0.3) is 0 Å². The van der Waals surface area contributed by atoms with Gasteiger partial charge >= 0.3 is 0 Å². The van der Waals surface area contributed by atoms with Gasteiger partial charge in [-0.05, 0) is 23.9 Å². The van der Waals surface area contributed by atoms with Gasteiger partial charge in [-0.2, -0.15) is 0 Å². The van der Waals surface area contributed by atoms with E-state index < -0.39 is 0 Å². The molecular formula is C9H11NO2S. The number of thiophene rings is 1. The van der Waals surface area contributed by atoms with Crippen LogP contribution in [0.5, 0.6) is 0 Å². The summed E-state index contributed by atoms with van der Waals surface area (Å²) in [6, 6.07) is 2.06. The lowest BCUT2D eigenvalue weighted by atomic mass is 10.1. The largest absolute Gasteiger partial charge is 0.392 e. The van der Waals surface area contributed by atoms with Gasteiger partial charge in [-0.25, -0.2) is 0 Å². The van der Waals surface area contributed by atoms with Crippen LogP contribution in [0.4, 0.5) is 0 Å². The number of aryl methyl sites for hydroxylation is 1. The van der Waals surface area contributed by atoms with E-state index in [9.17, 15) is 0 Å². The summed E-state index contributed by atoms with van der Waals surface area (Å²) in [5, 5.41) is 14.9. The van der Waals surface area contributed by atoms with Crippen LogP contribution in [0, 0.1) is 6.92 Å². The van der Waals surface area contributed by atoms with Crippen molar-refractivity contribution >= 4 is 17.0 Å². The molecule has 70 valence electrons. The SMILES string of the molecule is Cc1ccsc1C1=NO[C@@H](CO)C1. The minimum atomic E-state index is -0.142. The Bertz CT molecular complexity index is 332. The molecular weight excluding hydrogens is 186 g/mol. The first-order valence-electron chi connectivity index (χ1n) is 4.19. The van der Waals surface area contributed by atoms with Crippen LogP contribution in [-0.2, 0) is 4.84 Å². The van der Waals surface area contributed by atoms with Gasteiger partial charge in [0.15, 0.2) is 6.10 Å². The van der Waals surface area contributed by atoms with Gasteiger partial charge in [-0.15, -0.1) is 11.3 Å². The molecule has 0 radical (unpaired) electrons. The number of hydrogen-bond donors (Lipinski definition) is 1. The summed E-state index contributed by atoms with van der Waals surface area (Å²) >= 11 is 1.67. The first-order chi connectivity index (χ1) is 6.31. The van der Waals surface area contributed by atoms with Crippen LogP contribution < -0.4 is 0 Å². The number of aliphatic hydroxyl groups is 1. The summed E-state index contributed by atoms with van der Waals surface area (Å²) in [5.74, 6) is 0. The highest BCUT2D eigenvalue weighted by molar-refractivity contribution is 7.12. The standard InChI is InChI=1S/C9H11NO2S/c1-6-2-3-13-9(6)8-4-7(5-11)12-10-8/h2-3,7,11H,4-5H2,1H3/t7-/m1/s1. The number of nitrogens with zero attached hydrogens (tertiary/aromatic N) is 1. The topological polar surface area (TPSA) is 41.8 Å². The Hall–Kier alpha value is -0.870. The number of aliphatic hydroxyl groups excluding tert-OH is 1. The van der Waals surface area contributed by atoms with E-state index in [0.29, 0.717) is 0 Å². The molecule has 0 unspecified atom stereocenters. The number of hydrogen-bond acceptors (Lipinski definition) is 4. The van der Waals surface area contributed by atoms with E-state index in [0.717, 1.165) is 12.1 Å². The zero-order chi connectivity index (χ0) is 9.26. The molecule has 0 aliphatic carbocycles. The zero-order valence-electron chi connectivity index (χ0n) is 7.36. The molecule has 0 bridgehead atoms. The third-order valence-corrected chi connectivity index (χ3v) is 3.13. The normalized spacial score (nSPS) is 21.4. The van der Waals surface area contributed by atoms with Crippen LogP contribution in [0.2, 0.25) is 0 Å². The van der Waals surface area contributed by atoms with Gasteiger partial charge in [-0.1, -0.05) is 5.16 Å². The number of oxime groups is 1. The minimum absolute atomic E-state index is 0.0391. The number of rotatable bonds is 2. The lowest BCUT2D eigenvalue weighted by molar-refractivity contribution is 0.0390. The minimum Gasteiger partial charge on any atom is -0.392 e. The van der Waals surface area contributed by atoms with Crippen molar-refractivity contribution in [1.29, 1.82) is 0 Å². The van der Waals surface area contributed by atoms with Gasteiger partial charge in [0.05, 0.1) is 11.5 Å². The van der Waals surface area contributed by atoms with Gasteiger partial charge in [-0.3, -0.25) is 0 Å². The van der Waals surface area contributed by atoms with E-state index in [1.54, 1.807) is 11.3 Å². The van der Waals surface area contributed by atoms with Crippen molar-refractivity contribution in [2.75, 3.05) is 6.61 Å². The molecule has 1 aromatic heterocycles. The Labute approximate surface area is 80.6 Å². The fraction of sp³-hybridized carbons (Fsp3) is 0.444. The molecule has 0 saturated carbocycles. The van der Waals surface area contributed by atoms with Crippen molar-refractivity contribution in [3.05, 3.63) is 21.9 Å². The second-order valence-electron chi connectivity index (χ2n) is 3.08. The Balaban J connectivity index is 2.16. The average molecular weight is 197 g/mol. The van der Waals surface area contributed by atoms with Crippen molar-refractivity contribution in [2.24, 2.45) is 5.16 Å². The zero-order valence-corrected chi connectivity index (χ0v) is 8.17. The average Bonchev–Trinajstić information content (AvgIpc) is 2.71. The predicted octanol–water partition coefficient (Wildman–Crippen LogP) is 1.54. The van der Waals surface area contributed by atoms with Gasteiger partial charge < -0.3 is 9.94 Å². The molecule has 1 aliphatic heterocycles. The van der Waals surface area contributed by atoms with Gasteiger partial charge in [0, 0.05) is 6.42 Å². The predicted molar refractivity (Wildman–Crippen MR) is 52.2 cm³/mol. The highest BCUT2D eigenvalue weighted by Crippen LogP contribution is 2.23. The maximum absolute atomic E-state index is 8.86. The second kappa shape index (κ2) is 3.47. The Kier molecular flexibility index (Phi) is 2.33. The molecule has 0 saturated heterocycles. The first kappa shape index (κ1) is 8.72. The molecule has 0 fully saturated rings. The molecule has 1 N–H and O–H groups in total. The summed E-state index contributed by atoms with van der Waals surface area (Å²) in [4.78, 5) is 6.21. The fourth-order valence-corrected chi connectivity index (χ4v) is 2.25. The van der Waals surface area contributed by atoms with E-state index in [1.807, 2.05) is 5.38 Å². The van der Waals surface area contributed by atoms with E-state index in [2.05, 4.69) is 18.1 Å². The van der Waals surface area contributed by atoms with Crippen molar-refractivity contribution < 1.29 is 9.94 Å². The monoisotopic (exact) mass is 197 g/mol. The highest BCUT2D eigenvalue weighted by atomic mass is 32.1. The molecule has 0 amide bonds. The molecule has 1 atom stereocenters. The summed E-state index contributed by atoms with van der Waals surface area (Å²) in [6.07, 6.45) is 0.578. The molecule has 2 heterocycles. The van der Waals surface area contributed by atoms with Crippen molar-refractivity contribution in [2.45, 2.75) is 19.4 Å². The van der Waals surface area contributed by atoms with E-state index in [1.165, 1.54) is 10.4 Å². The summed E-state index contributed by atoms with van der Waals surface area (Å²) < 4.78 is 0. The van der Waals surface area contributed by atoms with E-state index in [4.69, 9.17) is 9.94 Å². The molecule has 1 aromatic rings. The van der Waals surface area contributed by atoms with Crippen molar-refractivity contribution in [3.8, 4) is 0 Å². The third-order valence-electron chi connectivity index (χ3n) is 2.06. The lowest BCUT2D eigenvalue weighted by Gasteiger charge is -2.00. The molecule has 2 rings (SSSR count).